The maximum absolute atomic E-state index is 14.6. The van der Waals surface area contributed by atoms with Crippen molar-refractivity contribution in [3.05, 3.63) is 53.4 Å². The number of hydrogen-bond donors (Lipinski definition) is 1. The molecule has 2 fully saturated rings. The van der Waals surface area contributed by atoms with Crippen LogP contribution in [0.5, 0.6) is 0 Å². The van der Waals surface area contributed by atoms with Crippen molar-refractivity contribution in [2.75, 3.05) is 13.1 Å². The Balaban J connectivity index is 0.00000171. The number of nitrogens with one attached hydrogen (secondary N) is 1. The number of thioether (sulfide) groups is 1. The molecule has 6 nitrogen and oxygen atoms in total. The van der Waals surface area contributed by atoms with Crippen LogP contribution in [0.4, 0.5) is 4.39 Å². The lowest BCUT2D eigenvalue weighted by atomic mass is 9.93. The average Bonchev–Trinajstić information content (AvgIpc) is 3.42. The molecule has 4 rings (SSSR count). The Morgan fingerprint density at radius 3 is 2.61 bits per heavy atom. The van der Waals surface area contributed by atoms with Crippen LogP contribution in [0.15, 0.2) is 36.2 Å². The van der Waals surface area contributed by atoms with Gasteiger partial charge in [-0.15, -0.1) is 24.8 Å². The highest BCUT2D eigenvalue weighted by Gasteiger charge is 2.41. The van der Waals surface area contributed by atoms with E-state index < -0.39 is 6.04 Å². The van der Waals surface area contributed by atoms with Gasteiger partial charge in [0, 0.05) is 36.7 Å². The first-order chi connectivity index (χ1) is 14.0. The van der Waals surface area contributed by atoms with Crippen molar-refractivity contribution in [3.8, 4) is 0 Å². The molecule has 0 bridgehead atoms. The topological polar surface area (TPSA) is 79.0 Å². The minimum Gasteiger partial charge on any atom is -0.297 e. The smallest absolute Gasteiger partial charge is 0.186 e. The molecule has 1 N–H and O–H groups in total. The van der Waals surface area contributed by atoms with Crippen LogP contribution in [0.2, 0.25) is 0 Å². The fourth-order valence-electron chi connectivity index (χ4n) is 3.86. The van der Waals surface area contributed by atoms with Gasteiger partial charge in [-0.2, -0.15) is 5.10 Å². The molecule has 1 aliphatic carbocycles. The Morgan fingerprint density at radius 2 is 2.00 bits per heavy atom. The van der Waals surface area contributed by atoms with E-state index in [-0.39, 0.29) is 52.7 Å². The van der Waals surface area contributed by atoms with Crippen molar-refractivity contribution in [2.24, 2.45) is 5.92 Å². The van der Waals surface area contributed by atoms with Crippen molar-refractivity contribution >= 4 is 53.6 Å². The lowest BCUT2D eigenvalue weighted by Gasteiger charge is -2.38. The van der Waals surface area contributed by atoms with E-state index >= 15 is 0 Å². The summed E-state index contributed by atoms with van der Waals surface area (Å²) >= 11 is 1.29. The predicted octanol–water partition coefficient (Wildman–Crippen LogP) is 4.25. The first-order valence-corrected chi connectivity index (χ1v) is 10.7. The van der Waals surface area contributed by atoms with Crippen LogP contribution >= 0.6 is 36.6 Å². The van der Waals surface area contributed by atoms with E-state index in [2.05, 4.69) is 15.2 Å². The van der Waals surface area contributed by atoms with Crippen LogP contribution in [0.1, 0.15) is 43.6 Å². The van der Waals surface area contributed by atoms with Gasteiger partial charge in [-0.3, -0.25) is 19.6 Å². The summed E-state index contributed by atoms with van der Waals surface area (Å²) in [5, 5.41) is 6.75. The van der Waals surface area contributed by atoms with Gasteiger partial charge in [0.05, 0.1) is 6.04 Å². The number of rotatable bonds is 6. The van der Waals surface area contributed by atoms with Crippen molar-refractivity contribution < 1.29 is 14.0 Å². The van der Waals surface area contributed by atoms with Crippen LogP contribution in [0.25, 0.3) is 6.08 Å². The molecule has 2 heterocycles. The Bertz CT molecular complexity index is 937. The third kappa shape index (κ3) is 6.16. The summed E-state index contributed by atoms with van der Waals surface area (Å²) in [7, 11) is 0. The van der Waals surface area contributed by atoms with Gasteiger partial charge in [-0.1, -0.05) is 30.0 Å². The van der Waals surface area contributed by atoms with E-state index in [0.29, 0.717) is 30.9 Å². The molecule has 2 unspecified atom stereocenters. The fourth-order valence-corrected chi connectivity index (χ4v) is 4.77. The largest absolute Gasteiger partial charge is 0.297 e. The van der Waals surface area contributed by atoms with Crippen molar-refractivity contribution in [1.29, 1.82) is 0 Å². The van der Waals surface area contributed by atoms with Crippen molar-refractivity contribution in [2.45, 2.75) is 37.5 Å². The highest BCUT2D eigenvalue weighted by molar-refractivity contribution is 8.14. The van der Waals surface area contributed by atoms with Crippen LogP contribution in [-0.2, 0) is 9.59 Å². The number of piperidine rings is 1. The molecule has 168 valence electrons. The third-order valence-corrected chi connectivity index (χ3v) is 6.51. The number of aromatic nitrogens is 3. The SMILES string of the molecule is CC(=O)SC1CCN(C(C(=O)C2CC2)c2ccccc2F)CC1=Cc1ncn[nH]1.Cl.Cl. The number of hydrogen-bond acceptors (Lipinski definition) is 6. The number of H-pyrrole nitrogens is 1. The molecule has 0 radical (unpaired) electrons. The van der Waals surface area contributed by atoms with E-state index in [1.807, 2.05) is 11.0 Å². The number of Topliss-reactive ketones (excluding diaryl/α,β-unsaturated/α-hetero) is 1. The first kappa shape index (κ1) is 25.5. The summed E-state index contributed by atoms with van der Waals surface area (Å²) in [6.07, 6.45) is 5.77. The fraction of sp³-hybridized carbons (Fsp3) is 0.429. The summed E-state index contributed by atoms with van der Waals surface area (Å²) < 4.78 is 14.6. The predicted molar refractivity (Wildman–Crippen MR) is 124 cm³/mol. The minimum absolute atomic E-state index is 0. The third-order valence-electron chi connectivity index (χ3n) is 5.36. The molecular weight excluding hydrogens is 462 g/mol. The van der Waals surface area contributed by atoms with Gasteiger partial charge in [0.2, 0.25) is 0 Å². The molecule has 1 aliphatic heterocycles. The maximum atomic E-state index is 14.6. The highest BCUT2D eigenvalue weighted by Crippen LogP contribution is 2.40. The number of carbonyl (C=O) groups excluding carboxylic acids is 2. The second kappa shape index (κ2) is 11.2. The molecule has 2 atom stereocenters. The monoisotopic (exact) mass is 486 g/mol. The van der Waals surface area contributed by atoms with Crippen LogP contribution in [0, 0.1) is 11.7 Å². The molecule has 1 saturated heterocycles. The van der Waals surface area contributed by atoms with E-state index in [1.54, 1.807) is 25.1 Å². The zero-order chi connectivity index (χ0) is 20.4. The summed E-state index contributed by atoms with van der Waals surface area (Å²) in [5.41, 5.74) is 1.42. The highest BCUT2D eigenvalue weighted by atomic mass is 35.5. The second-order valence-corrected chi connectivity index (χ2v) is 8.93. The standard InChI is InChI=1S/C21H23FN4O2S.2ClH/c1-13(27)29-18-8-9-26(11-15(18)10-19-23-12-24-25-19)20(21(28)14-6-7-14)16-4-2-3-5-17(16)22;;/h2-5,10,12,14,18,20H,6-9,11H2,1H3,(H,23,24,25);2*1H. The number of halogens is 3. The van der Waals surface area contributed by atoms with Gasteiger partial charge in [-0.05, 0) is 37.0 Å². The quantitative estimate of drug-likeness (QED) is 0.657. The summed E-state index contributed by atoms with van der Waals surface area (Å²) in [5.74, 6) is 0.358. The normalized spacial score (nSPS) is 21.1. The molecule has 0 amide bonds. The molecule has 31 heavy (non-hydrogen) atoms. The zero-order valence-electron chi connectivity index (χ0n) is 17.0. The Morgan fingerprint density at radius 1 is 1.26 bits per heavy atom. The molecule has 2 aromatic rings. The van der Waals surface area contributed by atoms with Crippen LogP contribution in [0.3, 0.4) is 0 Å². The maximum Gasteiger partial charge on any atom is 0.186 e. The van der Waals surface area contributed by atoms with Gasteiger partial charge >= 0.3 is 0 Å². The molecule has 1 aromatic carbocycles. The first-order valence-electron chi connectivity index (χ1n) is 9.78. The molecule has 0 spiro atoms. The summed E-state index contributed by atoms with van der Waals surface area (Å²) in [6, 6.07) is 5.92. The van der Waals surface area contributed by atoms with Gasteiger partial charge in [0.25, 0.3) is 0 Å². The van der Waals surface area contributed by atoms with Gasteiger partial charge < -0.3 is 0 Å². The van der Waals surface area contributed by atoms with E-state index in [4.69, 9.17) is 0 Å². The van der Waals surface area contributed by atoms with Gasteiger partial charge in [0.1, 0.15) is 18.0 Å². The van der Waals surface area contributed by atoms with E-state index in [0.717, 1.165) is 18.4 Å². The van der Waals surface area contributed by atoms with E-state index in [9.17, 15) is 14.0 Å². The van der Waals surface area contributed by atoms with Crippen LogP contribution in [-0.4, -0.2) is 49.3 Å². The van der Waals surface area contributed by atoms with Crippen molar-refractivity contribution in [1.82, 2.24) is 20.1 Å². The van der Waals surface area contributed by atoms with Gasteiger partial charge in [-0.25, -0.2) is 9.37 Å². The summed E-state index contributed by atoms with van der Waals surface area (Å²) in [4.78, 5) is 31.1. The number of nitrogens with zero attached hydrogens (tertiary/aromatic N) is 3. The molecule has 2 aliphatic rings. The summed E-state index contributed by atoms with van der Waals surface area (Å²) in [6.45, 7) is 2.65. The number of likely N-dealkylation sites (tertiary alicyclic amines) is 1. The molecule has 10 heteroatoms. The van der Waals surface area contributed by atoms with Crippen LogP contribution < -0.4 is 0 Å². The van der Waals surface area contributed by atoms with Crippen molar-refractivity contribution in [3.63, 3.8) is 0 Å². The molecular formula is C21H25Cl2FN4O2S. The molecule has 1 aromatic heterocycles. The van der Waals surface area contributed by atoms with E-state index in [1.165, 1.54) is 24.2 Å². The lowest BCUT2D eigenvalue weighted by Crippen LogP contribution is -2.43. The number of ketones is 1. The minimum atomic E-state index is -0.606. The Kier molecular flexibility index (Phi) is 9.24. The Labute approximate surface area is 197 Å². The number of aromatic amines is 1. The van der Waals surface area contributed by atoms with Gasteiger partial charge in [0.15, 0.2) is 10.9 Å². The molecule has 1 saturated carbocycles. The average molecular weight is 487 g/mol. The lowest BCUT2D eigenvalue weighted by molar-refractivity contribution is -0.126. The number of benzene rings is 1. The second-order valence-electron chi connectivity index (χ2n) is 7.55. The number of carbonyl (C=O) groups is 2. The Hall–Kier alpha value is -1.74. The zero-order valence-corrected chi connectivity index (χ0v) is 19.4.